The zero-order chi connectivity index (χ0) is 18.2. The molecule has 1 aromatic carbocycles. The lowest BCUT2D eigenvalue weighted by molar-refractivity contribution is -0.122. The lowest BCUT2D eigenvalue weighted by atomic mass is 10.2. The average Bonchev–Trinajstić information content (AvgIpc) is 3.13. The SMILES string of the molecule is C[C@@H](NC(=O)c1cccs1)C(=O)NCCNc1cccc(F)c1C#N. The highest BCUT2D eigenvalue weighted by Crippen LogP contribution is 2.17. The maximum absolute atomic E-state index is 13.5. The first-order valence-electron chi connectivity index (χ1n) is 7.57. The standard InChI is InChI=1S/C17H17FN4O2S/c1-11(22-17(24)15-6-3-9-25-15)16(23)21-8-7-20-14-5-2-4-13(18)12(14)10-19/h2-6,9,11,20H,7-8H2,1H3,(H,21,23)(H,22,24)/t11-/m1/s1. The molecular weight excluding hydrogens is 343 g/mol. The third-order valence-electron chi connectivity index (χ3n) is 3.35. The van der Waals surface area contributed by atoms with Crippen LogP contribution < -0.4 is 16.0 Å². The molecule has 2 aromatic rings. The van der Waals surface area contributed by atoms with Gasteiger partial charge in [-0.1, -0.05) is 12.1 Å². The maximum atomic E-state index is 13.5. The van der Waals surface area contributed by atoms with Gasteiger partial charge in [0.05, 0.1) is 10.6 Å². The van der Waals surface area contributed by atoms with Gasteiger partial charge in [-0.15, -0.1) is 11.3 Å². The van der Waals surface area contributed by atoms with Crippen molar-refractivity contribution in [2.75, 3.05) is 18.4 Å². The Labute approximate surface area is 148 Å². The number of amides is 2. The van der Waals surface area contributed by atoms with E-state index in [1.807, 2.05) is 0 Å². The number of thiophene rings is 1. The fraction of sp³-hybridized carbons (Fsp3) is 0.235. The Morgan fingerprint density at radius 3 is 2.76 bits per heavy atom. The van der Waals surface area contributed by atoms with E-state index < -0.39 is 11.9 Å². The van der Waals surface area contributed by atoms with Gasteiger partial charge in [0.2, 0.25) is 5.91 Å². The van der Waals surface area contributed by atoms with Crippen molar-refractivity contribution in [2.45, 2.75) is 13.0 Å². The molecule has 0 bridgehead atoms. The average molecular weight is 360 g/mol. The highest BCUT2D eigenvalue weighted by atomic mass is 32.1. The highest BCUT2D eigenvalue weighted by Gasteiger charge is 2.16. The molecule has 0 aliphatic rings. The number of halogens is 1. The number of rotatable bonds is 7. The number of carbonyl (C=O) groups is 2. The maximum Gasteiger partial charge on any atom is 0.261 e. The molecule has 3 N–H and O–H groups in total. The Kier molecular flexibility index (Phi) is 6.48. The lowest BCUT2D eigenvalue weighted by Gasteiger charge is -2.14. The van der Waals surface area contributed by atoms with Crippen LogP contribution in [0, 0.1) is 17.1 Å². The van der Waals surface area contributed by atoms with E-state index in [0.29, 0.717) is 17.1 Å². The van der Waals surface area contributed by atoms with Crippen molar-refractivity contribution in [3.63, 3.8) is 0 Å². The van der Waals surface area contributed by atoms with Gasteiger partial charge >= 0.3 is 0 Å². The van der Waals surface area contributed by atoms with E-state index >= 15 is 0 Å². The van der Waals surface area contributed by atoms with Crippen LogP contribution in [0.5, 0.6) is 0 Å². The number of nitriles is 1. The van der Waals surface area contributed by atoms with Crippen molar-refractivity contribution in [2.24, 2.45) is 0 Å². The molecule has 0 unspecified atom stereocenters. The summed E-state index contributed by atoms with van der Waals surface area (Å²) in [4.78, 5) is 24.4. The Hall–Kier alpha value is -2.92. The zero-order valence-corrected chi connectivity index (χ0v) is 14.3. The number of hydrogen-bond acceptors (Lipinski definition) is 5. The van der Waals surface area contributed by atoms with Crippen molar-refractivity contribution in [1.29, 1.82) is 5.26 Å². The summed E-state index contributed by atoms with van der Waals surface area (Å²) in [5, 5.41) is 18.9. The monoisotopic (exact) mass is 360 g/mol. The number of carbonyl (C=O) groups excluding carboxylic acids is 2. The molecule has 0 aliphatic heterocycles. The second kappa shape index (κ2) is 8.80. The summed E-state index contributed by atoms with van der Waals surface area (Å²) < 4.78 is 13.5. The van der Waals surface area contributed by atoms with E-state index in [9.17, 15) is 14.0 Å². The van der Waals surface area contributed by atoms with Gasteiger partial charge in [-0.2, -0.15) is 5.26 Å². The second-order valence-electron chi connectivity index (χ2n) is 5.16. The van der Waals surface area contributed by atoms with E-state index in [1.54, 1.807) is 36.6 Å². The van der Waals surface area contributed by atoms with Gasteiger partial charge in [-0.3, -0.25) is 9.59 Å². The molecule has 6 nitrogen and oxygen atoms in total. The summed E-state index contributed by atoms with van der Waals surface area (Å²) >= 11 is 1.30. The molecule has 0 saturated heterocycles. The molecule has 25 heavy (non-hydrogen) atoms. The fourth-order valence-electron chi connectivity index (χ4n) is 2.06. The lowest BCUT2D eigenvalue weighted by Crippen LogP contribution is -2.45. The molecule has 1 atom stereocenters. The minimum Gasteiger partial charge on any atom is -0.382 e. The van der Waals surface area contributed by atoms with Gasteiger partial charge in [0.1, 0.15) is 23.5 Å². The predicted molar refractivity (Wildman–Crippen MR) is 93.9 cm³/mol. The van der Waals surface area contributed by atoms with Crippen molar-refractivity contribution >= 4 is 28.8 Å². The fourth-order valence-corrected chi connectivity index (χ4v) is 2.69. The van der Waals surface area contributed by atoms with Crippen LogP contribution >= 0.6 is 11.3 Å². The van der Waals surface area contributed by atoms with E-state index in [1.165, 1.54) is 23.5 Å². The minimum atomic E-state index is -0.682. The van der Waals surface area contributed by atoms with Crippen LogP contribution in [0.25, 0.3) is 0 Å². The van der Waals surface area contributed by atoms with E-state index in [0.717, 1.165) is 0 Å². The summed E-state index contributed by atoms with van der Waals surface area (Å²) in [6, 6.07) is 8.86. The van der Waals surface area contributed by atoms with Crippen LogP contribution in [0.15, 0.2) is 35.7 Å². The normalized spacial score (nSPS) is 11.2. The number of anilines is 1. The first-order valence-corrected chi connectivity index (χ1v) is 8.45. The van der Waals surface area contributed by atoms with Gasteiger partial charge < -0.3 is 16.0 Å². The zero-order valence-electron chi connectivity index (χ0n) is 13.5. The summed E-state index contributed by atoms with van der Waals surface area (Å²) in [5.41, 5.74) is 0.307. The highest BCUT2D eigenvalue weighted by molar-refractivity contribution is 7.12. The van der Waals surface area contributed by atoms with E-state index in [2.05, 4.69) is 16.0 Å². The minimum absolute atomic E-state index is 0.0644. The Bertz CT molecular complexity index is 786. The number of nitrogens with zero attached hydrogens (tertiary/aromatic N) is 1. The quantitative estimate of drug-likeness (QED) is 0.659. The van der Waals surface area contributed by atoms with Gasteiger partial charge in [0, 0.05) is 13.1 Å². The third-order valence-corrected chi connectivity index (χ3v) is 4.22. The summed E-state index contributed by atoms with van der Waals surface area (Å²) in [7, 11) is 0. The first-order chi connectivity index (χ1) is 12.0. The van der Waals surface area contributed by atoms with Crippen LogP contribution in [-0.2, 0) is 4.79 Å². The molecule has 0 saturated carbocycles. The summed E-state index contributed by atoms with van der Waals surface area (Å²) in [6.07, 6.45) is 0. The largest absolute Gasteiger partial charge is 0.382 e. The predicted octanol–water partition coefficient (Wildman–Crippen LogP) is 2.11. The van der Waals surface area contributed by atoms with E-state index in [4.69, 9.17) is 5.26 Å². The molecule has 0 aliphatic carbocycles. The number of hydrogen-bond donors (Lipinski definition) is 3. The van der Waals surface area contributed by atoms with E-state index in [-0.39, 0.29) is 23.9 Å². The molecule has 8 heteroatoms. The van der Waals surface area contributed by atoms with Crippen LogP contribution in [0.1, 0.15) is 22.2 Å². The smallest absolute Gasteiger partial charge is 0.261 e. The van der Waals surface area contributed by atoms with Gasteiger partial charge in [-0.25, -0.2) is 4.39 Å². The van der Waals surface area contributed by atoms with Gasteiger partial charge in [0.15, 0.2) is 0 Å². The summed E-state index contributed by atoms with van der Waals surface area (Å²) in [5.74, 6) is -1.22. The van der Waals surface area contributed by atoms with Crippen molar-refractivity contribution in [3.8, 4) is 6.07 Å². The topological polar surface area (TPSA) is 94.0 Å². The van der Waals surface area contributed by atoms with Crippen LogP contribution in [0.4, 0.5) is 10.1 Å². The molecule has 130 valence electrons. The van der Waals surface area contributed by atoms with Crippen molar-refractivity contribution < 1.29 is 14.0 Å². The van der Waals surface area contributed by atoms with Gasteiger partial charge in [0.25, 0.3) is 5.91 Å². The third kappa shape index (κ3) is 5.02. The Morgan fingerprint density at radius 1 is 1.28 bits per heavy atom. The summed E-state index contributed by atoms with van der Waals surface area (Å²) in [6.45, 7) is 2.17. The van der Waals surface area contributed by atoms with Crippen LogP contribution in [0.3, 0.4) is 0 Å². The second-order valence-corrected chi connectivity index (χ2v) is 6.11. The van der Waals surface area contributed by atoms with Crippen molar-refractivity contribution in [1.82, 2.24) is 10.6 Å². The molecule has 1 heterocycles. The van der Waals surface area contributed by atoms with Gasteiger partial charge in [-0.05, 0) is 30.5 Å². The molecule has 2 amide bonds. The molecule has 0 fully saturated rings. The molecule has 2 rings (SSSR count). The number of nitrogens with one attached hydrogen (secondary N) is 3. The molecule has 0 spiro atoms. The number of benzene rings is 1. The molecule has 1 aromatic heterocycles. The Balaban J connectivity index is 1.76. The van der Waals surface area contributed by atoms with Crippen LogP contribution in [0.2, 0.25) is 0 Å². The molecular formula is C17H17FN4O2S. The van der Waals surface area contributed by atoms with Crippen molar-refractivity contribution in [3.05, 3.63) is 52.0 Å². The van der Waals surface area contributed by atoms with Crippen LogP contribution in [-0.4, -0.2) is 30.9 Å². The Morgan fingerprint density at radius 2 is 2.08 bits per heavy atom. The molecule has 0 radical (unpaired) electrons. The first kappa shape index (κ1) is 18.4.